The number of aryl methyl sites for hydroxylation is 2. The standard InChI is InChI=1S/C15H24N4O3S/c1-4-23(21,22)10-9-19-11-13(3)14(17-19)16-15(20)18-7-5-12(2)6-8-18/h11H,2,4-10H2,1,3H3,(H,16,17,20). The molecule has 0 saturated carbocycles. The first-order valence-corrected chi connectivity index (χ1v) is 9.60. The molecule has 1 N–H and O–H groups in total. The second-order valence-corrected chi connectivity index (χ2v) is 8.30. The third kappa shape index (κ3) is 4.82. The highest BCUT2D eigenvalue weighted by atomic mass is 32.2. The fourth-order valence-corrected chi connectivity index (χ4v) is 3.10. The first-order valence-electron chi connectivity index (χ1n) is 7.78. The topological polar surface area (TPSA) is 84.3 Å². The van der Waals surface area contributed by atoms with Gasteiger partial charge in [-0.05, 0) is 19.8 Å². The summed E-state index contributed by atoms with van der Waals surface area (Å²) in [5, 5.41) is 7.08. The van der Waals surface area contributed by atoms with E-state index in [0.29, 0.717) is 18.9 Å². The SMILES string of the molecule is C=C1CCN(C(=O)Nc2nn(CCS(=O)(=O)CC)cc2C)CC1. The number of rotatable bonds is 5. The third-order valence-corrected chi connectivity index (χ3v) is 5.68. The molecule has 128 valence electrons. The van der Waals surface area contributed by atoms with Crippen molar-refractivity contribution >= 4 is 21.7 Å². The van der Waals surface area contributed by atoms with Gasteiger partial charge < -0.3 is 4.90 Å². The van der Waals surface area contributed by atoms with Gasteiger partial charge in [-0.2, -0.15) is 5.10 Å². The molecule has 1 aliphatic heterocycles. The van der Waals surface area contributed by atoms with Crippen LogP contribution in [-0.2, 0) is 16.4 Å². The molecule has 1 aromatic heterocycles. The molecule has 8 heteroatoms. The van der Waals surface area contributed by atoms with Crippen molar-refractivity contribution in [3.05, 3.63) is 23.9 Å². The highest BCUT2D eigenvalue weighted by molar-refractivity contribution is 7.91. The number of likely N-dealkylation sites (tertiary alicyclic amines) is 1. The van der Waals surface area contributed by atoms with Gasteiger partial charge in [0, 0.05) is 30.6 Å². The molecule has 1 aromatic rings. The molecule has 0 aromatic carbocycles. The van der Waals surface area contributed by atoms with Gasteiger partial charge in [0.1, 0.15) is 0 Å². The lowest BCUT2D eigenvalue weighted by molar-refractivity contribution is 0.207. The first-order chi connectivity index (χ1) is 10.8. The molecule has 0 radical (unpaired) electrons. The Morgan fingerprint density at radius 2 is 2.04 bits per heavy atom. The lowest BCUT2D eigenvalue weighted by atomic mass is 10.1. The lowest BCUT2D eigenvalue weighted by Gasteiger charge is -2.27. The van der Waals surface area contributed by atoms with Crippen LogP contribution >= 0.6 is 0 Å². The molecule has 2 amide bonds. The van der Waals surface area contributed by atoms with E-state index in [2.05, 4.69) is 17.0 Å². The molecule has 0 atom stereocenters. The van der Waals surface area contributed by atoms with Gasteiger partial charge in [-0.15, -0.1) is 0 Å². The van der Waals surface area contributed by atoms with Crippen molar-refractivity contribution in [3.63, 3.8) is 0 Å². The van der Waals surface area contributed by atoms with E-state index in [4.69, 9.17) is 0 Å². The molecule has 23 heavy (non-hydrogen) atoms. The summed E-state index contributed by atoms with van der Waals surface area (Å²) in [6.07, 6.45) is 3.41. The minimum Gasteiger partial charge on any atom is -0.324 e. The van der Waals surface area contributed by atoms with Crippen molar-refractivity contribution < 1.29 is 13.2 Å². The predicted molar refractivity (Wildman–Crippen MR) is 90.3 cm³/mol. The zero-order valence-corrected chi connectivity index (χ0v) is 14.5. The van der Waals surface area contributed by atoms with Crippen LogP contribution in [-0.4, -0.2) is 53.7 Å². The number of hydrogen-bond acceptors (Lipinski definition) is 4. The second-order valence-electron chi connectivity index (χ2n) is 5.83. The van der Waals surface area contributed by atoms with Crippen molar-refractivity contribution in [1.29, 1.82) is 0 Å². The minimum absolute atomic E-state index is 0.0479. The summed E-state index contributed by atoms with van der Waals surface area (Å²) in [7, 11) is -3.03. The summed E-state index contributed by atoms with van der Waals surface area (Å²) in [6, 6.07) is -0.174. The largest absolute Gasteiger partial charge is 0.324 e. The maximum Gasteiger partial charge on any atom is 0.323 e. The van der Waals surface area contributed by atoms with E-state index in [1.165, 1.54) is 5.57 Å². The van der Waals surface area contributed by atoms with E-state index in [1.54, 1.807) is 22.7 Å². The van der Waals surface area contributed by atoms with Crippen molar-refractivity contribution in [3.8, 4) is 0 Å². The van der Waals surface area contributed by atoms with Gasteiger partial charge >= 0.3 is 6.03 Å². The quantitative estimate of drug-likeness (QED) is 0.829. The summed E-state index contributed by atoms with van der Waals surface area (Å²) in [5.41, 5.74) is 1.99. The average Bonchev–Trinajstić information content (AvgIpc) is 2.86. The highest BCUT2D eigenvalue weighted by Gasteiger charge is 2.20. The maximum absolute atomic E-state index is 12.2. The Morgan fingerprint density at radius 3 is 2.65 bits per heavy atom. The lowest BCUT2D eigenvalue weighted by Crippen LogP contribution is -2.39. The van der Waals surface area contributed by atoms with Crippen LogP contribution in [0.15, 0.2) is 18.3 Å². The van der Waals surface area contributed by atoms with E-state index in [0.717, 1.165) is 18.4 Å². The van der Waals surface area contributed by atoms with E-state index >= 15 is 0 Å². The Bertz CT molecular complexity index is 684. The fraction of sp³-hybridized carbons (Fsp3) is 0.600. The monoisotopic (exact) mass is 340 g/mol. The van der Waals surface area contributed by atoms with Gasteiger partial charge in [-0.1, -0.05) is 19.1 Å². The first kappa shape index (κ1) is 17.5. The summed E-state index contributed by atoms with van der Waals surface area (Å²) < 4.78 is 24.7. The predicted octanol–water partition coefficient (Wildman–Crippen LogP) is 1.81. The molecule has 7 nitrogen and oxygen atoms in total. The van der Waals surface area contributed by atoms with Crippen LogP contribution in [0.4, 0.5) is 10.6 Å². The maximum atomic E-state index is 12.2. The number of carbonyl (C=O) groups is 1. The van der Waals surface area contributed by atoms with E-state index in [-0.39, 0.29) is 24.1 Å². The van der Waals surface area contributed by atoms with Crippen LogP contribution < -0.4 is 5.32 Å². The van der Waals surface area contributed by atoms with Gasteiger partial charge in [-0.3, -0.25) is 10.00 Å². The molecule has 0 aliphatic carbocycles. The van der Waals surface area contributed by atoms with Crippen LogP contribution in [0, 0.1) is 6.92 Å². The summed E-state index contributed by atoms with van der Waals surface area (Å²) in [5.74, 6) is 0.650. The number of sulfone groups is 1. The van der Waals surface area contributed by atoms with Gasteiger partial charge in [-0.25, -0.2) is 13.2 Å². The minimum atomic E-state index is -3.03. The van der Waals surface area contributed by atoms with Crippen molar-refractivity contribution in [1.82, 2.24) is 14.7 Å². The van der Waals surface area contributed by atoms with E-state index in [9.17, 15) is 13.2 Å². The Morgan fingerprint density at radius 1 is 1.39 bits per heavy atom. The number of hydrogen-bond donors (Lipinski definition) is 1. The molecule has 0 bridgehead atoms. The smallest absolute Gasteiger partial charge is 0.323 e. The number of anilines is 1. The molecule has 0 unspecified atom stereocenters. The molecule has 1 fully saturated rings. The zero-order chi connectivity index (χ0) is 17.0. The van der Waals surface area contributed by atoms with Crippen molar-refractivity contribution in [2.45, 2.75) is 33.2 Å². The van der Waals surface area contributed by atoms with Gasteiger partial charge in [0.2, 0.25) is 0 Å². The molecular formula is C15H24N4O3S. The number of carbonyl (C=O) groups excluding carboxylic acids is 1. The number of piperidine rings is 1. The normalized spacial score (nSPS) is 15.7. The van der Waals surface area contributed by atoms with Crippen LogP contribution in [0.1, 0.15) is 25.3 Å². The number of nitrogens with zero attached hydrogens (tertiary/aromatic N) is 3. The number of amides is 2. The second kappa shape index (κ2) is 7.16. The zero-order valence-electron chi connectivity index (χ0n) is 13.7. The molecule has 1 aliphatic rings. The fourth-order valence-electron chi connectivity index (χ4n) is 2.34. The Kier molecular flexibility index (Phi) is 5.46. The molecule has 1 saturated heterocycles. The van der Waals surface area contributed by atoms with Gasteiger partial charge in [0.15, 0.2) is 15.7 Å². The Labute approximate surface area is 137 Å². The van der Waals surface area contributed by atoms with E-state index in [1.807, 2.05) is 6.92 Å². The summed E-state index contributed by atoms with van der Waals surface area (Å²) in [6.45, 7) is 9.02. The Balaban J connectivity index is 1.95. The third-order valence-electron chi connectivity index (χ3n) is 4.00. The molecule has 2 heterocycles. The molecule has 2 rings (SSSR count). The molecular weight excluding hydrogens is 316 g/mol. The van der Waals surface area contributed by atoms with Crippen LogP contribution in [0.25, 0.3) is 0 Å². The molecule has 0 spiro atoms. The number of aromatic nitrogens is 2. The van der Waals surface area contributed by atoms with Crippen LogP contribution in [0.2, 0.25) is 0 Å². The Hall–Kier alpha value is -1.83. The van der Waals surface area contributed by atoms with Crippen molar-refractivity contribution in [2.24, 2.45) is 0 Å². The van der Waals surface area contributed by atoms with E-state index < -0.39 is 9.84 Å². The number of nitrogens with one attached hydrogen (secondary N) is 1. The van der Waals surface area contributed by atoms with Gasteiger partial charge in [0.05, 0.1) is 12.3 Å². The van der Waals surface area contributed by atoms with Crippen LogP contribution in [0.5, 0.6) is 0 Å². The summed E-state index contributed by atoms with van der Waals surface area (Å²) >= 11 is 0. The highest BCUT2D eigenvalue weighted by Crippen LogP contribution is 2.17. The average molecular weight is 340 g/mol. The van der Waals surface area contributed by atoms with Crippen LogP contribution in [0.3, 0.4) is 0 Å². The summed E-state index contributed by atoms with van der Waals surface area (Å²) in [4.78, 5) is 14.0. The van der Waals surface area contributed by atoms with Gasteiger partial charge in [0.25, 0.3) is 0 Å². The van der Waals surface area contributed by atoms with Crippen molar-refractivity contribution in [2.75, 3.05) is 29.9 Å². The number of urea groups is 1.